The lowest BCUT2D eigenvalue weighted by molar-refractivity contribution is 0.526. The van der Waals surface area contributed by atoms with E-state index in [9.17, 15) is 0 Å². The van der Waals surface area contributed by atoms with Crippen LogP contribution in [-0.4, -0.2) is 0 Å². The van der Waals surface area contributed by atoms with Crippen molar-refractivity contribution in [3.05, 3.63) is 24.3 Å². The van der Waals surface area contributed by atoms with Gasteiger partial charge in [0.15, 0.2) is 0 Å². The Morgan fingerprint density at radius 1 is 1.27 bits per heavy atom. The monoisotopic (exact) mass is 150 g/mol. The number of rotatable bonds is 4. The summed E-state index contributed by atoms with van der Waals surface area (Å²) in [6.45, 7) is 2.19. The molecule has 11 heavy (non-hydrogen) atoms. The van der Waals surface area contributed by atoms with E-state index in [-0.39, 0.29) is 0 Å². The average molecular weight is 150 g/mol. The average Bonchev–Trinajstić information content (AvgIpc) is 2.50. The third-order valence-corrected chi connectivity index (χ3v) is 2.25. The zero-order valence-electron chi connectivity index (χ0n) is 7.42. The minimum absolute atomic E-state index is 0.955. The van der Waals surface area contributed by atoms with Crippen LogP contribution in [0.2, 0.25) is 0 Å². The lowest BCUT2D eigenvalue weighted by Gasteiger charge is -2.04. The number of allylic oxidation sites excluding steroid dienone is 4. The van der Waals surface area contributed by atoms with E-state index in [4.69, 9.17) is 0 Å². The van der Waals surface area contributed by atoms with Crippen molar-refractivity contribution in [2.45, 2.75) is 39.0 Å². The number of hydrogen-bond donors (Lipinski definition) is 0. The summed E-state index contributed by atoms with van der Waals surface area (Å²) in [4.78, 5) is 0. The van der Waals surface area contributed by atoms with Crippen molar-refractivity contribution in [3.8, 4) is 0 Å². The van der Waals surface area contributed by atoms with E-state index in [1.165, 1.54) is 32.1 Å². The predicted octanol–water partition coefficient (Wildman–Crippen LogP) is 3.70. The normalized spacial score (nSPS) is 18.6. The molecular formula is C11H18. The van der Waals surface area contributed by atoms with Crippen molar-refractivity contribution in [2.75, 3.05) is 0 Å². The lowest BCUT2D eigenvalue weighted by atomic mass is 10.0. The molecule has 1 aliphatic rings. The molecule has 0 unspecified atom stereocenters. The molecular weight excluding hydrogens is 132 g/mol. The molecule has 0 aromatic rings. The highest BCUT2D eigenvalue weighted by Gasteiger charge is 2.07. The minimum atomic E-state index is 0.955. The molecule has 0 fully saturated rings. The van der Waals surface area contributed by atoms with Gasteiger partial charge in [-0.2, -0.15) is 0 Å². The molecule has 0 atom stereocenters. The van der Waals surface area contributed by atoms with Crippen LogP contribution in [0.1, 0.15) is 39.0 Å². The maximum absolute atomic E-state index is 2.32. The maximum atomic E-state index is 2.32. The largest absolute Gasteiger partial charge is 0.0888 e. The fourth-order valence-electron chi connectivity index (χ4n) is 1.53. The fourth-order valence-corrected chi connectivity index (χ4v) is 1.53. The summed E-state index contributed by atoms with van der Waals surface area (Å²) in [6.07, 6.45) is 15.7. The SMILES string of the molecule is CC/C=C\CCC1CC=CC1. The maximum Gasteiger partial charge on any atom is -0.0319 e. The van der Waals surface area contributed by atoms with Crippen LogP contribution in [0.3, 0.4) is 0 Å². The summed E-state index contributed by atoms with van der Waals surface area (Å²) in [7, 11) is 0. The first-order valence-corrected chi connectivity index (χ1v) is 4.73. The second kappa shape index (κ2) is 5.17. The van der Waals surface area contributed by atoms with Gasteiger partial charge in [0.1, 0.15) is 0 Å². The summed E-state index contributed by atoms with van der Waals surface area (Å²) < 4.78 is 0. The molecule has 0 heterocycles. The van der Waals surface area contributed by atoms with Crippen LogP contribution in [0.4, 0.5) is 0 Å². The van der Waals surface area contributed by atoms with Crippen molar-refractivity contribution in [2.24, 2.45) is 5.92 Å². The van der Waals surface area contributed by atoms with Gasteiger partial charge in [-0.1, -0.05) is 31.2 Å². The first-order valence-electron chi connectivity index (χ1n) is 4.73. The van der Waals surface area contributed by atoms with Crippen LogP contribution in [-0.2, 0) is 0 Å². The van der Waals surface area contributed by atoms with Crippen LogP contribution < -0.4 is 0 Å². The summed E-state index contributed by atoms with van der Waals surface area (Å²) >= 11 is 0. The van der Waals surface area contributed by atoms with Crippen LogP contribution >= 0.6 is 0 Å². The van der Waals surface area contributed by atoms with Crippen LogP contribution in [0.25, 0.3) is 0 Å². The zero-order chi connectivity index (χ0) is 7.94. The molecule has 1 aliphatic carbocycles. The molecule has 0 aromatic heterocycles. The van der Waals surface area contributed by atoms with Crippen molar-refractivity contribution in [1.82, 2.24) is 0 Å². The van der Waals surface area contributed by atoms with Gasteiger partial charge in [0.25, 0.3) is 0 Å². The Labute approximate surface area is 70.0 Å². The Balaban J connectivity index is 1.99. The summed E-state index contributed by atoms with van der Waals surface area (Å²) in [5.74, 6) is 0.955. The van der Waals surface area contributed by atoms with Gasteiger partial charge in [-0.3, -0.25) is 0 Å². The van der Waals surface area contributed by atoms with E-state index in [0.717, 1.165) is 5.92 Å². The van der Waals surface area contributed by atoms with E-state index in [1.807, 2.05) is 0 Å². The Morgan fingerprint density at radius 3 is 2.64 bits per heavy atom. The molecule has 1 rings (SSSR count). The van der Waals surface area contributed by atoms with E-state index in [0.29, 0.717) is 0 Å². The Kier molecular flexibility index (Phi) is 4.03. The van der Waals surface area contributed by atoms with E-state index in [2.05, 4.69) is 31.2 Å². The van der Waals surface area contributed by atoms with E-state index < -0.39 is 0 Å². The first-order chi connectivity index (χ1) is 5.43. The molecule has 0 saturated carbocycles. The predicted molar refractivity (Wildman–Crippen MR) is 50.5 cm³/mol. The van der Waals surface area contributed by atoms with Crippen LogP contribution in [0.5, 0.6) is 0 Å². The van der Waals surface area contributed by atoms with Crippen molar-refractivity contribution in [3.63, 3.8) is 0 Å². The van der Waals surface area contributed by atoms with Crippen LogP contribution in [0, 0.1) is 5.92 Å². The van der Waals surface area contributed by atoms with Crippen molar-refractivity contribution >= 4 is 0 Å². The van der Waals surface area contributed by atoms with Gasteiger partial charge in [-0.15, -0.1) is 0 Å². The molecule has 0 aliphatic heterocycles. The third kappa shape index (κ3) is 3.41. The highest BCUT2D eigenvalue weighted by atomic mass is 14.1. The highest BCUT2D eigenvalue weighted by molar-refractivity contribution is 4.94. The molecule has 0 spiro atoms. The highest BCUT2D eigenvalue weighted by Crippen LogP contribution is 2.22. The van der Waals surface area contributed by atoms with Gasteiger partial charge >= 0.3 is 0 Å². The molecule has 0 bridgehead atoms. The molecule has 0 N–H and O–H groups in total. The summed E-state index contributed by atoms with van der Waals surface area (Å²) in [5, 5.41) is 0. The molecule has 0 saturated heterocycles. The van der Waals surface area contributed by atoms with Gasteiger partial charge in [0.05, 0.1) is 0 Å². The molecule has 0 radical (unpaired) electrons. The van der Waals surface area contributed by atoms with Crippen molar-refractivity contribution in [1.29, 1.82) is 0 Å². The van der Waals surface area contributed by atoms with E-state index in [1.54, 1.807) is 0 Å². The van der Waals surface area contributed by atoms with Gasteiger partial charge in [-0.25, -0.2) is 0 Å². The minimum Gasteiger partial charge on any atom is -0.0888 e. The zero-order valence-corrected chi connectivity index (χ0v) is 7.42. The van der Waals surface area contributed by atoms with Gasteiger partial charge in [0, 0.05) is 0 Å². The third-order valence-electron chi connectivity index (χ3n) is 2.25. The Bertz CT molecular complexity index is 134. The molecule has 0 amide bonds. The molecule has 0 aromatic carbocycles. The second-order valence-electron chi connectivity index (χ2n) is 3.27. The Hall–Kier alpha value is -0.520. The summed E-state index contributed by atoms with van der Waals surface area (Å²) in [5.41, 5.74) is 0. The fraction of sp³-hybridized carbons (Fsp3) is 0.636. The van der Waals surface area contributed by atoms with Crippen molar-refractivity contribution < 1.29 is 0 Å². The standard InChI is InChI=1S/C11H18/c1-2-3-4-5-8-11-9-6-7-10-11/h3-4,6-7,11H,2,5,8-10H2,1H3/b4-3-. The second-order valence-corrected chi connectivity index (χ2v) is 3.27. The molecule has 62 valence electrons. The van der Waals surface area contributed by atoms with Gasteiger partial charge in [0.2, 0.25) is 0 Å². The Morgan fingerprint density at radius 2 is 2.00 bits per heavy atom. The number of hydrogen-bond acceptors (Lipinski definition) is 0. The van der Waals surface area contributed by atoms with Gasteiger partial charge in [-0.05, 0) is 38.0 Å². The summed E-state index contributed by atoms with van der Waals surface area (Å²) in [6, 6.07) is 0. The van der Waals surface area contributed by atoms with Gasteiger partial charge < -0.3 is 0 Å². The quantitative estimate of drug-likeness (QED) is 0.536. The first kappa shape index (κ1) is 8.58. The van der Waals surface area contributed by atoms with E-state index >= 15 is 0 Å². The lowest BCUT2D eigenvalue weighted by Crippen LogP contribution is -1.91. The van der Waals surface area contributed by atoms with Crippen LogP contribution in [0.15, 0.2) is 24.3 Å². The molecule has 0 heteroatoms. The molecule has 0 nitrogen and oxygen atoms in total. The topological polar surface area (TPSA) is 0 Å². The smallest absolute Gasteiger partial charge is 0.0319 e.